The molecule has 0 aromatic heterocycles. The van der Waals surface area contributed by atoms with Gasteiger partial charge in [0.25, 0.3) is 0 Å². The molecule has 2 aromatic carbocycles. The van der Waals surface area contributed by atoms with E-state index in [1.165, 1.54) is 23.1 Å². The van der Waals surface area contributed by atoms with Gasteiger partial charge in [0, 0.05) is 12.2 Å². The Hall–Kier alpha value is -2.30. The van der Waals surface area contributed by atoms with Crippen molar-refractivity contribution in [3.63, 3.8) is 0 Å². The van der Waals surface area contributed by atoms with Gasteiger partial charge in [-0.25, -0.2) is 0 Å². The van der Waals surface area contributed by atoms with Crippen LogP contribution in [-0.4, -0.2) is 33.7 Å². The molecule has 0 saturated carbocycles. The van der Waals surface area contributed by atoms with Crippen molar-refractivity contribution >= 4 is 0 Å². The number of hydrogen-bond acceptors (Lipinski definition) is 4. The van der Waals surface area contributed by atoms with E-state index in [0.29, 0.717) is 6.61 Å². The Balaban J connectivity index is 1.64. The van der Waals surface area contributed by atoms with Crippen LogP contribution in [0.1, 0.15) is 42.9 Å². The first-order valence-corrected chi connectivity index (χ1v) is 10.9. The lowest BCUT2D eigenvalue weighted by Crippen LogP contribution is -2.22. The van der Waals surface area contributed by atoms with Gasteiger partial charge in [-0.05, 0) is 68.7 Å². The van der Waals surface area contributed by atoms with Crippen LogP contribution in [0.4, 0.5) is 0 Å². The molecule has 1 heterocycles. The van der Waals surface area contributed by atoms with Gasteiger partial charge in [-0.15, -0.1) is 0 Å². The first-order chi connectivity index (χ1) is 14.7. The highest BCUT2D eigenvalue weighted by Crippen LogP contribution is 2.32. The fourth-order valence-electron chi connectivity index (χ4n) is 3.72. The molecular weight excluding hydrogens is 376 g/mol. The second-order valence-electron chi connectivity index (χ2n) is 7.83. The molecule has 2 aromatic rings. The Morgan fingerprint density at radius 1 is 1.00 bits per heavy atom. The van der Waals surface area contributed by atoms with Crippen molar-refractivity contribution in [2.45, 2.75) is 51.7 Å². The van der Waals surface area contributed by atoms with E-state index in [2.05, 4.69) is 49.4 Å². The fraction of sp³-hybridized carbons (Fsp3) is 0.462. The van der Waals surface area contributed by atoms with E-state index in [0.717, 1.165) is 55.8 Å². The smallest absolute Gasteiger partial charge is 0.158 e. The molecule has 4 heteroatoms. The Bertz CT molecular complexity index is 782. The molecule has 1 aliphatic heterocycles. The largest absolute Gasteiger partial charge is 0.496 e. The number of methoxy groups -OCH3 is 2. The third-order valence-electron chi connectivity index (χ3n) is 5.50. The molecule has 0 bridgehead atoms. The molecule has 3 rings (SSSR count). The molecule has 0 radical (unpaired) electrons. The van der Waals surface area contributed by atoms with Gasteiger partial charge in [0.15, 0.2) is 6.29 Å². The van der Waals surface area contributed by atoms with Crippen molar-refractivity contribution in [1.29, 1.82) is 0 Å². The van der Waals surface area contributed by atoms with Crippen LogP contribution in [0.2, 0.25) is 0 Å². The van der Waals surface area contributed by atoms with E-state index in [1.54, 1.807) is 14.2 Å². The maximum Gasteiger partial charge on any atom is 0.158 e. The van der Waals surface area contributed by atoms with Gasteiger partial charge in [0.05, 0.1) is 20.8 Å². The van der Waals surface area contributed by atoms with Gasteiger partial charge >= 0.3 is 0 Å². The van der Waals surface area contributed by atoms with Gasteiger partial charge in [-0.1, -0.05) is 42.0 Å². The average Bonchev–Trinajstić information content (AvgIpc) is 2.81. The molecule has 162 valence electrons. The van der Waals surface area contributed by atoms with Crippen LogP contribution in [0.5, 0.6) is 11.5 Å². The van der Waals surface area contributed by atoms with Gasteiger partial charge in [0.1, 0.15) is 11.5 Å². The highest BCUT2D eigenvalue weighted by Gasteiger charge is 2.15. The van der Waals surface area contributed by atoms with Gasteiger partial charge in [-0.2, -0.15) is 0 Å². The van der Waals surface area contributed by atoms with Crippen molar-refractivity contribution in [2.24, 2.45) is 0 Å². The summed E-state index contributed by atoms with van der Waals surface area (Å²) < 4.78 is 22.9. The maximum atomic E-state index is 5.89. The third-order valence-corrected chi connectivity index (χ3v) is 5.50. The van der Waals surface area contributed by atoms with Crippen LogP contribution in [-0.2, 0) is 28.7 Å². The average molecular weight is 411 g/mol. The van der Waals surface area contributed by atoms with E-state index in [9.17, 15) is 0 Å². The molecule has 1 unspecified atom stereocenters. The summed E-state index contributed by atoms with van der Waals surface area (Å²) in [4.78, 5) is 0. The van der Waals surface area contributed by atoms with Crippen LogP contribution in [0.25, 0.3) is 0 Å². The zero-order valence-corrected chi connectivity index (χ0v) is 18.5. The Labute approximate surface area is 180 Å². The lowest BCUT2D eigenvalue weighted by atomic mass is 10.00. The zero-order valence-electron chi connectivity index (χ0n) is 18.5. The van der Waals surface area contributed by atoms with Crippen LogP contribution in [0.15, 0.2) is 54.1 Å². The number of ether oxygens (including phenoxy) is 4. The summed E-state index contributed by atoms with van der Waals surface area (Å²) in [6.07, 6.45) is 8.11. The monoisotopic (exact) mass is 410 g/mol. The van der Waals surface area contributed by atoms with Crippen molar-refractivity contribution in [3.05, 3.63) is 70.8 Å². The molecule has 1 saturated heterocycles. The van der Waals surface area contributed by atoms with Gasteiger partial charge in [-0.3, -0.25) is 0 Å². The second-order valence-corrected chi connectivity index (χ2v) is 7.83. The first-order valence-electron chi connectivity index (χ1n) is 10.9. The van der Waals surface area contributed by atoms with E-state index >= 15 is 0 Å². The summed E-state index contributed by atoms with van der Waals surface area (Å²) in [6.45, 7) is 3.49. The third kappa shape index (κ3) is 6.61. The number of hydrogen-bond donors (Lipinski definition) is 0. The molecule has 1 aliphatic rings. The quantitative estimate of drug-likeness (QED) is 0.483. The Morgan fingerprint density at radius 3 is 2.33 bits per heavy atom. The molecule has 0 N–H and O–H groups in total. The molecule has 0 amide bonds. The van der Waals surface area contributed by atoms with Crippen molar-refractivity contribution in [2.75, 3.05) is 27.4 Å². The summed E-state index contributed by atoms with van der Waals surface area (Å²) in [6, 6.07) is 14.8. The lowest BCUT2D eigenvalue weighted by molar-refractivity contribution is -0.156. The highest BCUT2D eigenvalue weighted by atomic mass is 16.7. The molecule has 4 nitrogen and oxygen atoms in total. The van der Waals surface area contributed by atoms with Crippen LogP contribution >= 0.6 is 0 Å². The SMILES string of the molecule is COc1cc(CCc2ccccc2)cc(OC)c1C/C=C(/C)COC1CCCCO1. The van der Waals surface area contributed by atoms with Crippen molar-refractivity contribution in [1.82, 2.24) is 0 Å². The summed E-state index contributed by atoms with van der Waals surface area (Å²) in [5.74, 6) is 1.75. The van der Waals surface area contributed by atoms with E-state index in [4.69, 9.17) is 18.9 Å². The lowest BCUT2D eigenvalue weighted by Gasteiger charge is -2.22. The van der Waals surface area contributed by atoms with Crippen LogP contribution in [0.3, 0.4) is 0 Å². The van der Waals surface area contributed by atoms with Gasteiger partial charge < -0.3 is 18.9 Å². The molecule has 0 spiro atoms. The standard InChI is InChI=1S/C26H34O4/c1-20(19-30-26-11-7-8-16-29-26)12-15-23-24(27-2)17-22(18-25(23)28-3)14-13-21-9-5-4-6-10-21/h4-6,9-10,12,17-18,26H,7-8,11,13-16,19H2,1-3H3/b20-12-. The van der Waals surface area contributed by atoms with Crippen LogP contribution < -0.4 is 9.47 Å². The van der Waals surface area contributed by atoms with Gasteiger partial charge in [0.2, 0.25) is 0 Å². The predicted octanol–water partition coefficient (Wildman–Crippen LogP) is 5.52. The topological polar surface area (TPSA) is 36.9 Å². The number of allylic oxidation sites excluding steroid dienone is 1. The summed E-state index contributed by atoms with van der Waals surface area (Å²) >= 11 is 0. The zero-order chi connectivity index (χ0) is 21.2. The first kappa shape index (κ1) is 22.4. The summed E-state index contributed by atoms with van der Waals surface area (Å²) in [7, 11) is 3.44. The molecule has 1 atom stereocenters. The predicted molar refractivity (Wildman–Crippen MR) is 120 cm³/mol. The van der Waals surface area contributed by atoms with E-state index < -0.39 is 0 Å². The fourth-order valence-corrected chi connectivity index (χ4v) is 3.72. The number of rotatable bonds is 10. The Morgan fingerprint density at radius 2 is 1.70 bits per heavy atom. The van der Waals surface area contributed by atoms with Crippen molar-refractivity contribution in [3.8, 4) is 11.5 Å². The molecule has 30 heavy (non-hydrogen) atoms. The molecule has 0 aliphatic carbocycles. The summed E-state index contributed by atoms with van der Waals surface area (Å²) in [5, 5.41) is 0. The van der Waals surface area contributed by atoms with E-state index in [-0.39, 0.29) is 6.29 Å². The molecule has 1 fully saturated rings. The Kier molecular flexibility index (Phi) is 8.79. The van der Waals surface area contributed by atoms with E-state index in [1.807, 2.05) is 6.07 Å². The minimum Gasteiger partial charge on any atom is -0.496 e. The second kappa shape index (κ2) is 11.8. The maximum absolute atomic E-state index is 5.89. The highest BCUT2D eigenvalue weighted by molar-refractivity contribution is 5.49. The normalized spacial score (nSPS) is 17.0. The minimum atomic E-state index is -0.0601. The number of benzene rings is 2. The number of aryl methyl sites for hydroxylation is 2. The van der Waals surface area contributed by atoms with Crippen LogP contribution in [0, 0.1) is 0 Å². The van der Waals surface area contributed by atoms with Crippen molar-refractivity contribution < 1.29 is 18.9 Å². The summed E-state index contributed by atoms with van der Waals surface area (Å²) in [5.41, 5.74) is 4.80. The minimum absolute atomic E-state index is 0.0601. The molecular formula is C26H34O4.